The van der Waals surface area contributed by atoms with Crippen LogP contribution in [0, 0.1) is 26.6 Å². The Labute approximate surface area is 453 Å². The number of anilines is 3. The van der Waals surface area contributed by atoms with Gasteiger partial charge in [0.25, 0.3) is 0 Å². The molecule has 1 aliphatic heterocycles. The van der Waals surface area contributed by atoms with Gasteiger partial charge in [0.15, 0.2) is 0 Å². The van der Waals surface area contributed by atoms with Gasteiger partial charge in [-0.1, -0.05) is 62.4 Å². The van der Waals surface area contributed by atoms with Crippen molar-refractivity contribution < 1.29 is 116 Å². The maximum atomic E-state index is 7.64. The van der Waals surface area contributed by atoms with E-state index in [-0.39, 0.29) is 113 Å². The fraction of sp³-hybridized carbons (Fsp3) is 0.293. The van der Waals surface area contributed by atoms with Crippen molar-refractivity contribution >= 4 is 34.4 Å². The molecule has 0 spiro atoms. The van der Waals surface area contributed by atoms with Crippen molar-refractivity contribution in [2.24, 2.45) is 0 Å². The third kappa shape index (κ3) is 12.1. The van der Waals surface area contributed by atoms with E-state index >= 15 is 0 Å². The fourth-order valence-electron chi connectivity index (χ4n) is 8.53. The Balaban J connectivity index is 0.000000215. The number of para-hydroxylation sites is 4. The topological polar surface area (TPSA) is 9.26 Å². The first kappa shape index (κ1) is 52.8. The first-order chi connectivity index (χ1) is 31.9. The number of hydrogen-bond acceptors (Lipinski definition) is 1. The number of fused-ring (bicyclic) bond motifs is 3. The summed E-state index contributed by atoms with van der Waals surface area (Å²) >= 11 is 0.198. The van der Waals surface area contributed by atoms with Crippen LogP contribution in [0.15, 0.2) is 146 Å². The van der Waals surface area contributed by atoms with Crippen LogP contribution >= 0.6 is 0 Å². The summed E-state index contributed by atoms with van der Waals surface area (Å²) in [5.41, 5.74) is 12.5. The molecule has 0 bridgehead atoms. The Morgan fingerprint density at radius 2 is 0.909 bits per heavy atom. The van der Waals surface area contributed by atoms with Gasteiger partial charge in [-0.05, 0) is 71.5 Å². The zero-order chi connectivity index (χ0) is 45.6. The van der Waals surface area contributed by atoms with Gasteiger partial charge in [-0.15, -0.1) is 17.7 Å². The van der Waals surface area contributed by atoms with E-state index in [4.69, 9.17) is 6.42 Å². The minimum Gasteiger partial charge on any atom is -0.366 e. The summed E-state index contributed by atoms with van der Waals surface area (Å²) < 4.78 is 16.6. The number of rotatable bonds is 19. The molecule has 0 radical (unpaired) electrons. The minimum atomic E-state index is -0.0490. The number of benzene rings is 6. The molecule has 6 aromatic rings. The molecule has 0 N–H and O–H groups in total. The zero-order valence-electron chi connectivity index (χ0n) is 39.1. The predicted octanol–water partition coefficient (Wildman–Crippen LogP) is 2.19. The van der Waals surface area contributed by atoms with Crippen molar-refractivity contribution in [3.63, 3.8) is 0 Å². The van der Waals surface area contributed by atoms with Gasteiger partial charge in [0, 0.05) is 22.5 Å². The van der Waals surface area contributed by atoms with Gasteiger partial charge in [0.2, 0.25) is 0 Å². The molecule has 0 amide bonds. The van der Waals surface area contributed by atoms with Crippen LogP contribution in [-0.4, -0.2) is 32.9 Å². The second kappa shape index (κ2) is 26.4. The monoisotopic (exact) mass is 1510 g/mol. The number of halogens is 4. The van der Waals surface area contributed by atoms with Crippen LogP contribution in [0.2, 0.25) is 0 Å². The van der Waals surface area contributed by atoms with Crippen LogP contribution in [0.1, 0.15) is 96.8 Å². The molecular formula is C58H62AuI4N3-2. The summed E-state index contributed by atoms with van der Waals surface area (Å²) in [4.78, 5) is 2.33. The zero-order valence-corrected chi connectivity index (χ0v) is 49.9. The first-order valence-electron chi connectivity index (χ1n) is 23.2. The van der Waals surface area contributed by atoms with E-state index in [1.54, 1.807) is 14.3 Å². The van der Waals surface area contributed by atoms with E-state index < -0.39 is 0 Å². The van der Waals surface area contributed by atoms with Gasteiger partial charge < -0.3 is 11.3 Å². The first-order valence-corrected chi connectivity index (χ1v) is 33.6. The number of hydrogen-bond donors (Lipinski definition) is 0. The van der Waals surface area contributed by atoms with E-state index in [0.29, 0.717) is 0 Å². The summed E-state index contributed by atoms with van der Waals surface area (Å²) in [6.07, 6.45) is 19.4. The van der Waals surface area contributed by atoms with Gasteiger partial charge in [-0.2, -0.15) is 0 Å². The Morgan fingerprint density at radius 1 is 0.500 bits per heavy atom. The third-order valence-corrected chi connectivity index (χ3v) is 24.9. The predicted molar refractivity (Wildman–Crippen MR) is 256 cm³/mol. The average Bonchev–Trinajstić information content (AvgIpc) is 3.95. The molecule has 350 valence electrons. The molecule has 8 rings (SSSR count). The Kier molecular flexibility index (Phi) is 21.2. The maximum Gasteiger partial charge on any atom is 1.00 e. The number of alkyl halides is 4. The molecule has 0 unspecified atom stereocenters. The normalized spacial score (nSPS) is 13.0. The van der Waals surface area contributed by atoms with Crippen LogP contribution < -0.4 is 89.7 Å². The van der Waals surface area contributed by atoms with E-state index in [9.17, 15) is 0 Å². The summed E-state index contributed by atoms with van der Waals surface area (Å²) in [6.45, 7) is 13.8. The van der Waals surface area contributed by atoms with E-state index in [0.717, 1.165) is 29.8 Å². The maximum absolute atomic E-state index is 7.64. The Morgan fingerprint density at radius 3 is 1.30 bits per heavy atom. The van der Waals surface area contributed by atoms with E-state index in [2.05, 4.69) is 207 Å². The summed E-state index contributed by atoms with van der Waals surface area (Å²) in [5.74, 6) is 2.58. The quantitative estimate of drug-likeness (QED) is 0.0303. The van der Waals surface area contributed by atoms with Crippen molar-refractivity contribution in [3.8, 4) is 17.0 Å². The molecular weight excluding hydrogens is 1440 g/mol. The van der Waals surface area contributed by atoms with Gasteiger partial charge in [-0.3, -0.25) is 5.92 Å². The van der Waals surface area contributed by atoms with Crippen LogP contribution in [-0.2, 0) is 27.8 Å². The van der Waals surface area contributed by atoms with Crippen molar-refractivity contribution in [1.29, 1.82) is 0 Å². The molecule has 0 atom stereocenters. The molecule has 8 heteroatoms. The standard InChI is InChI=1S/C31H26N.C27H36I4N2.Au/c1-4-23-17-19-27-28-20-18-26(22-30(28)31(5-2,6-3)29(27)21-23)32(24-13-9-7-10-14-24)25-15-11-8-12-16-25;1-5-15-28-22-11-9-12-23(29-16-6-2)26(22)32-19-20-33(21-32)27-24(30-17-7-3)13-10-14-25(27)31-18-8-4;/h7-22H,5-6H2,2-3H3;9-14,19-20H,5-8,15-18H2,1-4H3;/q-1;-2;+1. The van der Waals surface area contributed by atoms with Gasteiger partial charge in [0.05, 0.1) is 0 Å². The molecule has 6 aromatic carbocycles. The van der Waals surface area contributed by atoms with Crippen LogP contribution in [0.3, 0.4) is 0 Å². The van der Waals surface area contributed by atoms with Gasteiger partial charge >= 0.3 is 268 Å². The SMILES string of the molecule is CCC[I-]c1cccc([I-]CCC)c1[N+]1=C=[N+](c2c([I-]CCC)cccc2[I-]CCC)C=C1.[Au+].[C-]#Cc1ccc2c(c1)C(CC)(CC)c1cc(N(c3ccccc3)c3ccccc3)ccc1-2. The Bertz CT molecular complexity index is 2530. The van der Waals surface area contributed by atoms with E-state index in [1.807, 2.05) is 6.07 Å². The summed E-state index contributed by atoms with van der Waals surface area (Å²) in [6, 6.07) is 52.4. The number of nitrogens with zero attached hydrogens (tertiary/aromatic N) is 3. The van der Waals surface area contributed by atoms with Crippen LogP contribution in [0.25, 0.3) is 11.1 Å². The largest absolute Gasteiger partial charge is 1.00 e. The summed E-state index contributed by atoms with van der Waals surface area (Å²) in [7, 11) is 0. The second-order valence-corrected chi connectivity index (χ2v) is 28.0. The molecule has 1 heterocycles. The van der Waals surface area contributed by atoms with Crippen LogP contribution in [0.5, 0.6) is 0 Å². The van der Waals surface area contributed by atoms with Gasteiger partial charge in [-0.25, -0.2) is 0 Å². The molecule has 0 saturated heterocycles. The molecule has 66 heavy (non-hydrogen) atoms. The second-order valence-electron chi connectivity index (χ2n) is 16.0. The molecule has 0 fully saturated rings. The van der Waals surface area contributed by atoms with Crippen molar-refractivity contribution in [3.05, 3.63) is 183 Å². The molecule has 0 saturated carbocycles. The van der Waals surface area contributed by atoms with Gasteiger partial charge in [0.1, 0.15) is 0 Å². The van der Waals surface area contributed by atoms with E-state index in [1.165, 1.54) is 82.7 Å². The van der Waals surface area contributed by atoms with Crippen LogP contribution in [0.4, 0.5) is 28.4 Å². The smallest absolute Gasteiger partial charge is 0.366 e. The Hall–Kier alpha value is -2.54. The summed E-state index contributed by atoms with van der Waals surface area (Å²) in [5, 5.41) is 0. The molecule has 2 aliphatic rings. The average molecular weight is 1510 g/mol. The molecule has 3 nitrogen and oxygen atoms in total. The fourth-order valence-corrected chi connectivity index (χ4v) is 19.5. The molecule has 1 aliphatic carbocycles. The minimum absolute atomic E-state index is 0. The van der Waals surface area contributed by atoms with Crippen molar-refractivity contribution in [2.75, 3.05) is 22.6 Å². The molecule has 0 aromatic heterocycles. The van der Waals surface area contributed by atoms with Crippen molar-refractivity contribution in [2.45, 2.75) is 85.5 Å². The third-order valence-electron chi connectivity index (χ3n) is 11.6. The van der Waals surface area contributed by atoms with Crippen molar-refractivity contribution in [1.82, 2.24) is 0 Å².